The first-order chi connectivity index (χ1) is 10.0. The van der Waals surface area contributed by atoms with Gasteiger partial charge < -0.3 is 15.2 Å². The molecule has 0 fully saturated rings. The predicted molar refractivity (Wildman–Crippen MR) is 83.1 cm³/mol. The van der Waals surface area contributed by atoms with Crippen LogP contribution in [-0.4, -0.2) is 17.6 Å². The summed E-state index contributed by atoms with van der Waals surface area (Å²) < 4.78 is 5.38. The van der Waals surface area contributed by atoms with E-state index in [4.69, 9.17) is 4.74 Å². The van der Waals surface area contributed by atoms with Gasteiger partial charge in [0.2, 0.25) is 0 Å². The molecule has 0 spiro atoms. The normalized spacial score (nSPS) is 10.2. The zero-order valence-corrected chi connectivity index (χ0v) is 12.4. The number of phenolic OH excluding ortho intramolecular Hbond substituents is 1. The zero-order valence-electron chi connectivity index (χ0n) is 12.4. The summed E-state index contributed by atoms with van der Waals surface area (Å²) in [5, 5.41) is 12.6. The van der Waals surface area contributed by atoms with Gasteiger partial charge in [0.1, 0.15) is 11.5 Å². The summed E-state index contributed by atoms with van der Waals surface area (Å²) in [7, 11) is 0. The van der Waals surface area contributed by atoms with Crippen molar-refractivity contribution < 1.29 is 14.6 Å². The van der Waals surface area contributed by atoms with Gasteiger partial charge >= 0.3 is 0 Å². The highest BCUT2D eigenvalue weighted by Crippen LogP contribution is 2.27. The molecule has 21 heavy (non-hydrogen) atoms. The number of amides is 1. The van der Waals surface area contributed by atoms with Crippen LogP contribution in [0.4, 0.5) is 5.69 Å². The van der Waals surface area contributed by atoms with Gasteiger partial charge in [0.25, 0.3) is 5.91 Å². The number of aryl methyl sites for hydroxylation is 2. The summed E-state index contributed by atoms with van der Waals surface area (Å²) >= 11 is 0. The Kier molecular flexibility index (Phi) is 4.48. The van der Waals surface area contributed by atoms with Crippen LogP contribution in [0, 0.1) is 13.8 Å². The number of carbonyl (C=O) groups is 1. The van der Waals surface area contributed by atoms with Crippen LogP contribution in [0.3, 0.4) is 0 Å². The molecule has 0 saturated carbocycles. The molecule has 2 aromatic carbocycles. The van der Waals surface area contributed by atoms with Gasteiger partial charge in [0.05, 0.1) is 12.3 Å². The maximum atomic E-state index is 12.2. The van der Waals surface area contributed by atoms with Crippen LogP contribution in [0.2, 0.25) is 0 Å². The molecule has 1 amide bonds. The van der Waals surface area contributed by atoms with E-state index in [0.29, 0.717) is 23.6 Å². The van der Waals surface area contributed by atoms with Gasteiger partial charge in [-0.15, -0.1) is 0 Å². The van der Waals surface area contributed by atoms with Crippen molar-refractivity contribution in [2.75, 3.05) is 11.9 Å². The Hall–Kier alpha value is -2.49. The fourth-order valence-electron chi connectivity index (χ4n) is 1.99. The summed E-state index contributed by atoms with van der Waals surface area (Å²) in [5.41, 5.74) is 2.87. The highest BCUT2D eigenvalue weighted by atomic mass is 16.5. The van der Waals surface area contributed by atoms with E-state index in [1.165, 1.54) is 0 Å². The number of hydrogen-bond acceptors (Lipinski definition) is 3. The lowest BCUT2D eigenvalue weighted by atomic mass is 10.1. The predicted octanol–water partition coefficient (Wildman–Crippen LogP) is 3.66. The van der Waals surface area contributed by atoms with Crippen molar-refractivity contribution in [1.29, 1.82) is 0 Å². The number of carbonyl (C=O) groups excluding carboxylic acids is 1. The quantitative estimate of drug-likeness (QED) is 0.843. The Labute approximate surface area is 124 Å². The number of benzene rings is 2. The zero-order chi connectivity index (χ0) is 15.4. The molecule has 2 aromatic rings. The summed E-state index contributed by atoms with van der Waals surface area (Å²) in [6, 6.07) is 10.3. The molecule has 2 N–H and O–H groups in total. The van der Waals surface area contributed by atoms with Crippen molar-refractivity contribution in [3.8, 4) is 11.5 Å². The first-order valence-corrected chi connectivity index (χ1v) is 6.85. The Balaban J connectivity index is 2.22. The summed E-state index contributed by atoms with van der Waals surface area (Å²) in [4.78, 5) is 12.2. The van der Waals surface area contributed by atoms with E-state index >= 15 is 0 Å². The number of aromatic hydroxyl groups is 1. The van der Waals surface area contributed by atoms with Crippen LogP contribution < -0.4 is 10.1 Å². The molecule has 0 aromatic heterocycles. The molecule has 0 atom stereocenters. The van der Waals surface area contributed by atoms with Gasteiger partial charge in [0, 0.05) is 5.56 Å². The second kappa shape index (κ2) is 6.31. The average Bonchev–Trinajstić information content (AvgIpc) is 2.45. The minimum atomic E-state index is -0.282. The summed E-state index contributed by atoms with van der Waals surface area (Å²) in [5.74, 6) is 0.428. The second-order valence-corrected chi connectivity index (χ2v) is 4.87. The molecule has 4 heteroatoms. The second-order valence-electron chi connectivity index (χ2n) is 4.87. The van der Waals surface area contributed by atoms with Gasteiger partial charge in [-0.2, -0.15) is 0 Å². The van der Waals surface area contributed by atoms with Gasteiger partial charge in [0.15, 0.2) is 0 Å². The number of ether oxygens (including phenoxy) is 1. The van der Waals surface area contributed by atoms with Crippen LogP contribution in [0.25, 0.3) is 0 Å². The van der Waals surface area contributed by atoms with Crippen molar-refractivity contribution in [3.63, 3.8) is 0 Å². The molecule has 110 valence electrons. The van der Waals surface area contributed by atoms with Gasteiger partial charge in [-0.3, -0.25) is 4.79 Å². The first-order valence-electron chi connectivity index (χ1n) is 6.85. The lowest BCUT2D eigenvalue weighted by Gasteiger charge is -2.11. The number of phenols is 1. The minimum Gasteiger partial charge on any atom is -0.506 e. The van der Waals surface area contributed by atoms with E-state index in [1.807, 2.05) is 20.8 Å². The third-order valence-electron chi connectivity index (χ3n) is 3.27. The van der Waals surface area contributed by atoms with Gasteiger partial charge in [-0.25, -0.2) is 0 Å². The Bertz CT molecular complexity index is 665. The van der Waals surface area contributed by atoms with Crippen molar-refractivity contribution in [2.24, 2.45) is 0 Å². The number of hydrogen-bond donors (Lipinski definition) is 2. The number of nitrogens with one attached hydrogen (secondary N) is 1. The summed E-state index contributed by atoms with van der Waals surface area (Å²) in [6.45, 7) is 6.27. The first kappa shape index (κ1) is 14.9. The lowest BCUT2D eigenvalue weighted by Crippen LogP contribution is -2.12. The van der Waals surface area contributed by atoms with E-state index in [-0.39, 0.29) is 11.7 Å². The third-order valence-corrected chi connectivity index (χ3v) is 3.27. The number of anilines is 1. The van der Waals surface area contributed by atoms with Crippen molar-refractivity contribution in [1.82, 2.24) is 0 Å². The van der Waals surface area contributed by atoms with E-state index in [1.54, 1.807) is 36.4 Å². The fraction of sp³-hybridized carbons (Fsp3) is 0.235. The van der Waals surface area contributed by atoms with E-state index in [0.717, 1.165) is 11.1 Å². The average molecular weight is 285 g/mol. The van der Waals surface area contributed by atoms with Gasteiger partial charge in [-0.05, 0) is 62.2 Å². The van der Waals surface area contributed by atoms with Gasteiger partial charge in [-0.1, -0.05) is 6.07 Å². The minimum absolute atomic E-state index is 0.0624. The fourth-order valence-corrected chi connectivity index (χ4v) is 1.99. The highest BCUT2D eigenvalue weighted by molar-refractivity contribution is 6.05. The lowest BCUT2D eigenvalue weighted by molar-refractivity contribution is 0.102. The molecular formula is C17H19NO3. The molecule has 0 saturated heterocycles. The van der Waals surface area contributed by atoms with Crippen LogP contribution in [0.5, 0.6) is 11.5 Å². The summed E-state index contributed by atoms with van der Waals surface area (Å²) in [6.07, 6.45) is 0. The van der Waals surface area contributed by atoms with Crippen LogP contribution in [0.1, 0.15) is 28.4 Å². The molecule has 0 heterocycles. The van der Waals surface area contributed by atoms with E-state index in [2.05, 4.69) is 5.32 Å². The Morgan fingerprint density at radius 2 is 1.90 bits per heavy atom. The van der Waals surface area contributed by atoms with Crippen LogP contribution in [-0.2, 0) is 0 Å². The smallest absolute Gasteiger partial charge is 0.255 e. The molecule has 0 unspecified atom stereocenters. The Morgan fingerprint density at radius 3 is 2.62 bits per heavy atom. The molecule has 0 aliphatic heterocycles. The maximum absolute atomic E-state index is 12.2. The van der Waals surface area contributed by atoms with Crippen molar-refractivity contribution in [3.05, 3.63) is 53.1 Å². The SMILES string of the molecule is CCOc1cccc(C(=O)Nc2cc(C)c(C)cc2O)c1. The molecule has 0 bridgehead atoms. The number of rotatable bonds is 4. The largest absolute Gasteiger partial charge is 0.506 e. The van der Waals surface area contributed by atoms with E-state index < -0.39 is 0 Å². The van der Waals surface area contributed by atoms with Crippen molar-refractivity contribution >= 4 is 11.6 Å². The van der Waals surface area contributed by atoms with Crippen LogP contribution in [0.15, 0.2) is 36.4 Å². The molecule has 4 nitrogen and oxygen atoms in total. The Morgan fingerprint density at radius 1 is 1.19 bits per heavy atom. The standard InChI is InChI=1S/C17H19NO3/c1-4-21-14-7-5-6-13(10-14)17(20)18-15-8-11(2)12(3)9-16(15)19/h5-10,19H,4H2,1-3H3,(H,18,20). The van der Waals surface area contributed by atoms with Crippen LogP contribution >= 0.6 is 0 Å². The highest BCUT2D eigenvalue weighted by Gasteiger charge is 2.11. The molecular weight excluding hydrogens is 266 g/mol. The van der Waals surface area contributed by atoms with E-state index in [9.17, 15) is 9.90 Å². The molecule has 2 rings (SSSR count). The third kappa shape index (κ3) is 3.54. The topological polar surface area (TPSA) is 58.6 Å². The molecule has 0 radical (unpaired) electrons. The maximum Gasteiger partial charge on any atom is 0.255 e. The monoisotopic (exact) mass is 285 g/mol. The molecule has 0 aliphatic rings. The molecule has 0 aliphatic carbocycles. The van der Waals surface area contributed by atoms with Crippen molar-refractivity contribution in [2.45, 2.75) is 20.8 Å².